The number of ether oxygens (including phenoxy) is 2. The number of alkyl halides is 6. The van der Waals surface area contributed by atoms with Crippen LogP contribution in [0.2, 0.25) is 0 Å². The van der Waals surface area contributed by atoms with Gasteiger partial charge in [0.05, 0.1) is 0 Å². The summed E-state index contributed by atoms with van der Waals surface area (Å²) in [5, 5.41) is 11.5. The van der Waals surface area contributed by atoms with Crippen molar-refractivity contribution in [3.8, 4) is 11.8 Å². The van der Waals surface area contributed by atoms with E-state index in [4.69, 9.17) is 10.00 Å². The maximum Gasteiger partial charge on any atom is 0.439 e. The fraction of sp³-hybridized carbons (Fsp3) is 0.412. The summed E-state index contributed by atoms with van der Waals surface area (Å²) in [5.41, 5.74) is -0.0656. The van der Waals surface area contributed by atoms with Crippen molar-refractivity contribution in [2.75, 3.05) is 20.3 Å². The average molecular weight is 410 g/mol. The molecular weight excluding hydrogens is 394 g/mol. The third kappa shape index (κ3) is 7.11. The summed E-state index contributed by atoms with van der Waals surface area (Å²) in [6, 6.07) is 5.60. The zero-order valence-electron chi connectivity index (χ0n) is 14.5. The van der Waals surface area contributed by atoms with E-state index in [0.29, 0.717) is 13.0 Å². The van der Waals surface area contributed by atoms with Crippen molar-refractivity contribution in [2.45, 2.75) is 24.9 Å². The van der Waals surface area contributed by atoms with Gasteiger partial charge in [0.25, 0.3) is 12.1 Å². The molecule has 1 aromatic rings. The molecular formula is C17H16F6N2O3. The molecule has 0 spiro atoms. The molecule has 0 bridgehead atoms. The SMILES string of the molecule is COCCCNC(=O)/C(C#N)=C/c1ccc(OC(F)(F)C(F)C(F)(F)F)cc1. The first-order chi connectivity index (χ1) is 13.0. The monoisotopic (exact) mass is 410 g/mol. The van der Waals surface area contributed by atoms with Gasteiger partial charge in [-0.3, -0.25) is 4.79 Å². The van der Waals surface area contributed by atoms with Crippen LogP contribution in [0.1, 0.15) is 12.0 Å². The summed E-state index contributed by atoms with van der Waals surface area (Å²) >= 11 is 0. The number of amides is 1. The summed E-state index contributed by atoms with van der Waals surface area (Å²) < 4.78 is 84.1. The minimum atomic E-state index is -5.79. The summed E-state index contributed by atoms with van der Waals surface area (Å²) in [5.74, 6) is -1.40. The quantitative estimate of drug-likeness (QED) is 0.292. The van der Waals surface area contributed by atoms with Crippen LogP contribution in [-0.4, -0.2) is 44.6 Å². The molecule has 0 aliphatic heterocycles. The largest absolute Gasteiger partial charge is 0.439 e. The molecule has 1 atom stereocenters. The van der Waals surface area contributed by atoms with Crippen LogP contribution in [0, 0.1) is 11.3 Å². The van der Waals surface area contributed by atoms with Gasteiger partial charge in [0.15, 0.2) is 0 Å². The van der Waals surface area contributed by atoms with E-state index in [2.05, 4.69) is 10.1 Å². The van der Waals surface area contributed by atoms with Gasteiger partial charge >= 0.3 is 12.3 Å². The number of carbonyl (C=O) groups excluding carboxylic acids is 1. The maximum absolute atomic E-state index is 13.2. The molecule has 28 heavy (non-hydrogen) atoms. The summed E-state index contributed by atoms with van der Waals surface area (Å²) in [6.45, 7) is 0.670. The smallest absolute Gasteiger partial charge is 0.430 e. The standard InChI is InChI=1S/C17H16F6N2O3/c1-27-8-2-7-25-14(26)12(10-24)9-11-3-5-13(6-4-11)28-17(22,23)15(18)16(19,20)21/h3-6,9,15H,2,7-8H2,1H3,(H,25,26)/b12-9+. The minimum absolute atomic E-state index is 0.215. The van der Waals surface area contributed by atoms with Gasteiger partial charge in [-0.2, -0.15) is 27.2 Å². The third-order valence-electron chi connectivity index (χ3n) is 3.20. The van der Waals surface area contributed by atoms with Gasteiger partial charge < -0.3 is 14.8 Å². The van der Waals surface area contributed by atoms with Crippen molar-refractivity contribution in [3.63, 3.8) is 0 Å². The van der Waals surface area contributed by atoms with E-state index in [1.165, 1.54) is 7.11 Å². The Balaban J connectivity index is 2.81. The van der Waals surface area contributed by atoms with Crippen molar-refractivity contribution >= 4 is 12.0 Å². The van der Waals surface area contributed by atoms with Gasteiger partial charge in [0.1, 0.15) is 17.4 Å². The second kappa shape index (κ2) is 9.98. The fourth-order valence-electron chi connectivity index (χ4n) is 1.86. The van der Waals surface area contributed by atoms with E-state index < -0.39 is 30.1 Å². The van der Waals surface area contributed by atoms with Gasteiger partial charge in [-0.1, -0.05) is 12.1 Å². The predicted octanol–water partition coefficient (Wildman–Crippen LogP) is 3.62. The zero-order valence-corrected chi connectivity index (χ0v) is 14.5. The van der Waals surface area contributed by atoms with Crippen molar-refractivity contribution in [3.05, 3.63) is 35.4 Å². The molecule has 0 saturated heterocycles. The third-order valence-corrected chi connectivity index (χ3v) is 3.20. The molecule has 0 aliphatic carbocycles. The van der Waals surface area contributed by atoms with Gasteiger partial charge in [0, 0.05) is 20.3 Å². The Labute approximate surface area is 156 Å². The van der Waals surface area contributed by atoms with Crippen LogP contribution in [0.5, 0.6) is 5.75 Å². The van der Waals surface area contributed by atoms with E-state index in [1.54, 1.807) is 6.07 Å². The number of methoxy groups -OCH3 is 1. The number of nitrogens with one attached hydrogen (secondary N) is 1. The van der Waals surface area contributed by atoms with Crippen molar-refractivity contribution in [1.82, 2.24) is 5.32 Å². The van der Waals surface area contributed by atoms with Crippen molar-refractivity contribution in [1.29, 1.82) is 5.26 Å². The lowest BCUT2D eigenvalue weighted by molar-refractivity contribution is -0.304. The fourth-order valence-corrected chi connectivity index (χ4v) is 1.86. The number of nitriles is 1. The topological polar surface area (TPSA) is 71.3 Å². The average Bonchev–Trinajstić information content (AvgIpc) is 2.62. The lowest BCUT2D eigenvalue weighted by Gasteiger charge is -2.23. The second-order valence-corrected chi connectivity index (χ2v) is 5.41. The lowest BCUT2D eigenvalue weighted by atomic mass is 10.1. The molecule has 1 aromatic carbocycles. The molecule has 0 aliphatic rings. The van der Waals surface area contributed by atoms with E-state index in [0.717, 1.165) is 30.3 Å². The Bertz CT molecular complexity index is 726. The highest BCUT2D eigenvalue weighted by Gasteiger charge is 2.59. The Morgan fingerprint density at radius 3 is 2.36 bits per heavy atom. The molecule has 0 saturated carbocycles. The number of nitrogens with zero attached hydrogens (tertiary/aromatic N) is 1. The Kier molecular flexibility index (Phi) is 8.31. The molecule has 154 valence electrons. The van der Waals surface area contributed by atoms with Gasteiger partial charge in [-0.05, 0) is 30.2 Å². The molecule has 1 rings (SSSR count). The van der Waals surface area contributed by atoms with E-state index in [1.807, 2.05) is 0 Å². The van der Waals surface area contributed by atoms with Gasteiger partial charge in [-0.25, -0.2) is 4.39 Å². The Morgan fingerprint density at radius 1 is 1.25 bits per heavy atom. The second-order valence-electron chi connectivity index (χ2n) is 5.41. The summed E-state index contributed by atoms with van der Waals surface area (Å²) in [6.07, 6.45) is -13.7. The molecule has 5 nitrogen and oxygen atoms in total. The molecule has 1 amide bonds. The molecule has 0 fully saturated rings. The highest BCUT2D eigenvalue weighted by Crippen LogP contribution is 2.36. The van der Waals surface area contributed by atoms with Crippen LogP contribution in [0.4, 0.5) is 26.3 Å². The summed E-state index contributed by atoms with van der Waals surface area (Å²) in [4.78, 5) is 11.9. The van der Waals surface area contributed by atoms with Gasteiger partial charge in [-0.15, -0.1) is 0 Å². The number of hydrogen-bond donors (Lipinski definition) is 1. The normalized spacial score (nSPS) is 13.6. The van der Waals surface area contributed by atoms with Crippen molar-refractivity contribution < 1.29 is 40.6 Å². The Hall–Kier alpha value is -2.74. The van der Waals surface area contributed by atoms with Crippen LogP contribution in [0.3, 0.4) is 0 Å². The molecule has 1 unspecified atom stereocenters. The van der Waals surface area contributed by atoms with Crippen LogP contribution in [0.25, 0.3) is 6.08 Å². The molecule has 0 aromatic heterocycles. The minimum Gasteiger partial charge on any atom is -0.430 e. The molecule has 1 N–H and O–H groups in total. The zero-order chi connectivity index (χ0) is 21.4. The number of halogens is 6. The number of rotatable bonds is 9. The van der Waals surface area contributed by atoms with Crippen LogP contribution in [-0.2, 0) is 9.53 Å². The first-order valence-electron chi connectivity index (χ1n) is 7.78. The predicted molar refractivity (Wildman–Crippen MR) is 86.1 cm³/mol. The number of benzene rings is 1. The molecule has 0 radical (unpaired) electrons. The highest BCUT2D eigenvalue weighted by atomic mass is 19.4. The Morgan fingerprint density at radius 2 is 1.86 bits per heavy atom. The van der Waals surface area contributed by atoms with Crippen LogP contribution in [0.15, 0.2) is 29.8 Å². The first-order valence-corrected chi connectivity index (χ1v) is 7.78. The molecule has 0 heterocycles. The highest BCUT2D eigenvalue weighted by molar-refractivity contribution is 6.01. The maximum atomic E-state index is 13.2. The number of hydrogen-bond acceptors (Lipinski definition) is 4. The van der Waals surface area contributed by atoms with Crippen LogP contribution < -0.4 is 10.1 Å². The van der Waals surface area contributed by atoms with E-state index in [9.17, 15) is 31.1 Å². The van der Waals surface area contributed by atoms with Gasteiger partial charge in [0.2, 0.25) is 0 Å². The molecule has 11 heteroatoms. The first kappa shape index (κ1) is 23.3. The number of carbonyl (C=O) groups is 1. The van der Waals surface area contributed by atoms with Crippen LogP contribution >= 0.6 is 0 Å². The lowest BCUT2D eigenvalue weighted by Crippen LogP contribution is -2.45. The van der Waals surface area contributed by atoms with Crippen molar-refractivity contribution in [2.24, 2.45) is 0 Å². The summed E-state index contributed by atoms with van der Waals surface area (Å²) in [7, 11) is 1.49. The van der Waals surface area contributed by atoms with E-state index >= 15 is 0 Å². The van der Waals surface area contributed by atoms with E-state index in [-0.39, 0.29) is 17.7 Å².